The first kappa shape index (κ1) is 40.2. The fourth-order valence-corrected chi connectivity index (χ4v) is 6.86. The SMILES string of the molecule is COC(=O)NC(C(=O)NC(CO)c1ncc(-c2ccc(-c3ccc(-c4cnc(C5CCCN5C(=O)C(I)(NC(=O)OC)C(C)C)[nH]4)cc3)cc2)[nH]1)C(C)C. The van der Waals surface area contributed by atoms with Gasteiger partial charge in [-0.2, -0.15) is 0 Å². The van der Waals surface area contributed by atoms with Crippen molar-refractivity contribution in [3.63, 3.8) is 0 Å². The van der Waals surface area contributed by atoms with E-state index in [9.17, 15) is 24.3 Å². The molecule has 4 aromatic rings. The normalized spacial score (nSPS) is 16.4. The number of halogens is 1. The predicted molar refractivity (Wildman–Crippen MR) is 210 cm³/mol. The molecule has 54 heavy (non-hydrogen) atoms. The fraction of sp³-hybridized carbons (Fsp3) is 0.421. The van der Waals surface area contributed by atoms with Gasteiger partial charge in [-0.25, -0.2) is 19.6 Å². The molecular weight excluding hydrogens is 807 g/mol. The zero-order valence-electron chi connectivity index (χ0n) is 31.1. The van der Waals surface area contributed by atoms with Crippen LogP contribution in [-0.2, 0) is 19.1 Å². The van der Waals surface area contributed by atoms with E-state index in [4.69, 9.17) is 4.74 Å². The highest BCUT2D eigenvalue weighted by molar-refractivity contribution is 14.1. The number of imidazole rings is 2. The maximum absolute atomic E-state index is 13.8. The van der Waals surface area contributed by atoms with E-state index in [1.54, 1.807) is 31.1 Å². The second-order valence-corrected chi connectivity index (χ2v) is 15.5. The van der Waals surface area contributed by atoms with Gasteiger partial charge in [0.15, 0.2) is 3.55 Å². The highest BCUT2D eigenvalue weighted by Gasteiger charge is 2.47. The van der Waals surface area contributed by atoms with Crippen LogP contribution in [0.5, 0.6) is 0 Å². The molecular formula is C38H47IN8O7. The summed E-state index contributed by atoms with van der Waals surface area (Å²) in [6.45, 7) is 7.53. The Labute approximate surface area is 327 Å². The van der Waals surface area contributed by atoms with E-state index in [0.29, 0.717) is 23.9 Å². The molecule has 0 bridgehead atoms. The van der Waals surface area contributed by atoms with Crippen LogP contribution in [0, 0.1) is 11.8 Å². The minimum atomic E-state index is -1.16. The van der Waals surface area contributed by atoms with Crippen molar-refractivity contribution in [1.29, 1.82) is 0 Å². The molecule has 6 N–H and O–H groups in total. The van der Waals surface area contributed by atoms with Crippen molar-refractivity contribution in [3.05, 3.63) is 72.6 Å². The third-order valence-corrected chi connectivity index (χ3v) is 11.5. The molecule has 0 saturated carbocycles. The van der Waals surface area contributed by atoms with E-state index in [2.05, 4.69) is 40.6 Å². The number of aromatic nitrogens is 4. The molecule has 1 aliphatic rings. The van der Waals surface area contributed by atoms with Gasteiger partial charge in [0.2, 0.25) is 5.91 Å². The molecule has 4 atom stereocenters. The lowest BCUT2D eigenvalue weighted by Crippen LogP contribution is -2.58. The third kappa shape index (κ3) is 8.86. The van der Waals surface area contributed by atoms with Crippen LogP contribution in [0.2, 0.25) is 0 Å². The Morgan fingerprint density at radius 1 is 0.870 bits per heavy atom. The van der Waals surface area contributed by atoms with Crippen LogP contribution >= 0.6 is 22.6 Å². The molecule has 4 amide bonds. The molecule has 2 aromatic carbocycles. The number of aromatic amines is 2. The van der Waals surface area contributed by atoms with Crippen molar-refractivity contribution in [3.8, 4) is 33.6 Å². The average molecular weight is 855 g/mol. The lowest BCUT2D eigenvalue weighted by Gasteiger charge is -2.36. The first-order valence-electron chi connectivity index (χ1n) is 17.7. The number of alkyl halides is 1. The van der Waals surface area contributed by atoms with Gasteiger partial charge in [0.25, 0.3) is 5.91 Å². The number of aliphatic hydroxyl groups excluding tert-OH is 1. The van der Waals surface area contributed by atoms with Gasteiger partial charge in [0.1, 0.15) is 23.7 Å². The Morgan fingerprint density at radius 2 is 1.43 bits per heavy atom. The van der Waals surface area contributed by atoms with Crippen molar-refractivity contribution in [2.45, 2.75) is 62.2 Å². The number of ether oxygens (including phenoxy) is 2. The van der Waals surface area contributed by atoms with E-state index in [0.717, 1.165) is 40.8 Å². The molecule has 1 aliphatic heterocycles. The lowest BCUT2D eigenvalue weighted by molar-refractivity contribution is -0.136. The van der Waals surface area contributed by atoms with Gasteiger partial charge < -0.3 is 40.1 Å². The molecule has 16 heteroatoms. The third-order valence-electron chi connectivity index (χ3n) is 9.56. The molecule has 0 aliphatic carbocycles. The second-order valence-electron chi connectivity index (χ2n) is 13.8. The van der Waals surface area contributed by atoms with Gasteiger partial charge in [-0.05, 0) is 69.5 Å². The van der Waals surface area contributed by atoms with Gasteiger partial charge in [-0.3, -0.25) is 14.9 Å². The summed E-state index contributed by atoms with van der Waals surface area (Å²) in [7, 11) is 2.50. The average Bonchev–Trinajstić information content (AvgIpc) is 3.97. The Hall–Kier alpha value is -4.97. The monoisotopic (exact) mass is 854 g/mol. The molecule has 5 rings (SSSR count). The summed E-state index contributed by atoms with van der Waals surface area (Å²) in [5.74, 6) is 0.0162. The van der Waals surface area contributed by atoms with E-state index in [1.165, 1.54) is 14.2 Å². The van der Waals surface area contributed by atoms with Crippen LogP contribution in [0.3, 0.4) is 0 Å². The van der Waals surface area contributed by atoms with Crippen LogP contribution in [-0.4, -0.2) is 90.9 Å². The predicted octanol–water partition coefficient (Wildman–Crippen LogP) is 5.47. The van der Waals surface area contributed by atoms with Crippen LogP contribution in [0.25, 0.3) is 33.6 Å². The summed E-state index contributed by atoms with van der Waals surface area (Å²) < 4.78 is 8.27. The number of carbonyl (C=O) groups excluding carboxylic acids is 4. The number of hydrogen-bond donors (Lipinski definition) is 6. The van der Waals surface area contributed by atoms with Crippen molar-refractivity contribution in [2.24, 2.45) is 11.8 Å². The number of aliphatic hydroxyl groups is 1. The molecule has 3 heterocycles. The number of nitrogens with zero attached hydrogens (tertiary/aromatic N) is 3. The van der Waals surface area contributed by atoms with Crippen molar-refractivity contribution in [1.82, 2.24) is 40.8 Å². The summed E-state index contributed by atoms with van der Waals surface area (Å²) in [6, 6.07) is 14.1. The number of benzene rings is 2. The quantitative estimate of drug-likeness (QED) is 0.0573. The summed E-state index contributed by atoms with van der Waals surface area (Å²) >= 11 is 2.02. The van der Waals surface area contributed by atoms with Crippen LogP contribution < -0.4 is 16.0 Å². The number of carbonyl (C=O) groups is 4. The maximum Gasteiger partial charge on any atom is 0.408 e. The Kier molecular flexibility index (Phi) is 13.0. The van der Waals surface area contributed by atoms with E-state index >= 15 is 0 Å². The Balaban J connectivity index is 1.24. The largest absolute Gasteiger partial charge is 0.453 e. The summed E-state index contributed by atoms with van der Waals surface area (Å²) in [4.78, 5) is 68.1. The number of amides is 4. The number of alkyl carbamates (subject to hydrolysis) is 2. The molecule has 1 saturated heterocycles. The van der Waals surface area contributed by atoms with Crippen molar-refractivity contribution in [2.75, 3.05) is 27.4 Å². The molecule has 15 nitrogen and oxygen atoms in total. The minimum Gasteiger partial charge on any atom is -0.453 e. The first-order valence-corrected chi connectivity index (χ1v) is 18.8. The van der Waals surface area contributed by atoms with Crippen LogP contribution in [0.4, 0.5) is 9.59 Å². The van der Waals surface area contributed by atoms with Crippen LogP contribution in [0.15, 0.2) is 60.9 Å². The van der Waals surface area contributed by atoms with Crippen molar-refractivity contribution < 1.29 is 33.8 Å². The number of H-pyrrole nitrogens is 2. The smallest absolute Gasteiger partial charge is 0.408 e. The summed E-state index contributed by atoms with van der Waals surface area (Å²) in [5.41, 5.74) is 5.36. The number of methoxy groups -OCH3 is 2. The van der Waals surface area contributed by atoms with Gasteiger partial charge in [0, 0.05) is 6.54 Å². The molecule has 0 radical (unpaired) electrons. The topological polar surface area (TPSA) is 204 Å². The zero-order chi connectivity index (χ0) is 39.2. The summed E-state index contributed by atoms with van der Waals surface area (Å²) in [5, 5.41) is 18.1. The van der Waals surface area contributed by atoms with Crippen molar-refractivity contribution >= 4 is 46.6 Å². The van der Waals surface area contributed by atoms with E-state index < -0.39 is 40.3 Å². The molecule has 2 aromatic heterocycles. The fourth-order valence-electron chi connectivity index (χ4n) is 6.33. The highest BCUT2D eigenvalue weighted by atomic mass is 127. The van der Waals surface area contributed by atoms with Gasteiger partial charge in [-0.1, -0.05) is 76.2 Å². The van der Waals surface area contributed by atoms with Gasteiger partial charge in [-0.15, -0.1) is 0 Å². The minimum absolute atomic E-state index is 0.181. The number of nitrogens with one attached hydrogen (secondary N) is 5. The highest BCUT2D eigenvalue weighted by Crippen LogP contribution is 2.37. The molecule has 4 unspecified atom stereocenters. The number of likely N-dealkylation sites (tertiary alicyclic amines) is 1. The standard InChI is InChI=1S/C38H47IN8O7/c1-21(2)31(45-36(51)53-5)34(49)44-29(20-48)32-40-18-27(42-32)25-13-9-23(10-14-25)24-11-15-26(16-12-24)28-19-41-33(43-28)30-8-7-17-47(30)35(50)38(39,22(3)4)46-37(52)54-6/h9-16,18-19,21-22,29-31,48H,7-8,17,20H2,1-6H3,(H,40,42)(H,41,43)(H,44,49)(H,45,51)(H,46,52). The first-order chi connectivity index (χ1) is 25.8. The Morgan fingerprint density at radius 3 is 1.96 bits per heavy atom. The molecule has 0 spiro atoms. The molecule has 288 valence electrons. The second kappa shape index (κ2) is 17.4. The van der Waals surface area contributed by atoms with E-state index in [-0.39, 0.29) is 23.8 Å². The van der Waals surface area contributed by atoms with Crippen LogP contribution in [0.1, 0.15) is 64.3 Å². The Bertz CT molecular complexity index is 1930. The maximum atomic E-state index is 13.8. The molecule has 1 fully saturated rings. The zero-order valence-corrected chi connectivity index (χ0v) is 33.3. The lowest BCUT2D eigenvalue weighted by atomic mass is 10.0. The van der Waals surface area contributed by atoms with Gasteiger partial charge in [0.05, 0.1) is 50.6 Å². The summed E-state index contributed by atoms with van der Waals surface area (Å²) in [6.07, 6.45) is 3.62. The van der Waals surface area contributed by atoms with Gasteiger partial charge >= 0.3 is 12.2 Å². The number of rotatable bonds is 13. The van der Waals surface area contributed by atoms with E-state index in [1.807, 2.05) is 85.0 Å². The number of hydrogen-bond acceptors (Lipinski definition) is 9.